The number of aryl methyl sites for hydroxylation is 1. The lowest BCUT2D eigenvalue weighted by Gasteiger charge is -2.23. The molecule has 1 rings (SSSR count). The average Bonchev–Trinajstić information content (AvgIpc) is 2.44. The molecule has 0 aromatic heterocycles. The molecule has 0 N–H and O–H groups in total. The molecule has 0 spiro atoms. The van der Waals surface area contributed by atoms with E-state index in [9.17, 15) is 4.79 Å². The monoisotopic (exact) mass is 283 g/mol. The Morgan fingerprint density at radius 2 is 2.00 bits per heavy atom. The maximum atomic E-state index is 11.7. The number of amides is 1. The topological polar surface area (TPSA) is 29.5 Å². The molecule has 0 aliphatic heterocycles. The van der Waals surface area contributed by atoms with E-state index in [4.69, 9.17) is 16.3 Å². The predicted molar refractivity (Wildman–Crippen MR) is 80.3 cm³/mol. The minimum atomic E-state index is -0.137. The van der Waals surface area contributed by atoms with Crippen molar-refractivity contribution < 1.29 is 9.53 Å². The van der Waals surface area contributed by atoms with Crippen LogP contribution in [0.1, 0.15) is 32.3 Å². The first-order chi connectivity index (χ1) is 9.03. The van der Waals surface area contributed by atoms with Crippen LogP contribution >= 0.6 is 11.6 Å². The molecule has 0 saturated carbocycles. The molecule has 106 valence electrons. The van der Waals surface area contributed by atoms with Crippen LogP contribution in [0, 0.1) is 6.92 Å². The molecule has 0 aliphatic rings. The quantitative estimate of drug-likeness (QED) is 0.744. The zero-order chi connectivity index (χ0) is 14.4. The summed E-state index contributed by atoms with van der Waals surface area (Å²) in [4.78, 5) is 13.3. The Hall–Kier alpha value is -1.22. The van der Waals surface area contributed by atoms with Crippen molar-refractivity contribution in [3.8, 4) is 5.75 Å². The smallest absolute Gasteiger partial charge is 0.241 e. The van der Waals surface area contributed by atoms with Crippen molar-refractivity contribution >= 4 is 23.2 Å². The van der Waals surface area contributed by atoms with Gasteiger partial charge in [0.05, 0.1) is 11.8 Å². The number of rotatable bonds is 6. The molecule has 0 fully saturated rings. The fraction of sp³-hybridized carbons (Fsp3) is 0.533. The Balaban J connectivity index is 3.07. The van der Waals surface area contributed by atoms with E-state index in [0.29, 0.717) is 0 Å². The summed E-state index contributed by atoms with van der Waals surface area (Å²) in [5, 5.41) is 0. The van der Waals surface area contributed by atoms with Crippen molar-refractivity contribution in [1.82, 2.24) is 0 Å². The number of ether oxygens (including phenoxy) is 1. The van der Waals surface area contributed by atoms with Crippen molar-refractivity contribution in [3.63, 3.8) is 0 Å². The third kappa shape index (κ3) is 4.13. The molecule has 1 amide bonds. The molecule has 0 atom stereocenters. The fourth-order valence-corrected chi connectivity index (χ4v) is 2.03. The van der Waals surface area contributed by atoms with Crippen LogP contribution < -0.4 is 9.64 Å². The van der Waals surface area contributed by atoms with Crippen molar-refractivity contribution in [2.24, 2.45) is 0 Å². The SMILES string of the molecule is CCC(CC)Oc1ccc(C)cc1N(C)C(=O)CCl. The first-order valence-corrected chi connectivity index (χ1v) is 7.16. The molecule has 0 radical (unpaired) electrons. The molecule has 0 bridgehead atoms. The van der Waals surface area contributed by atoms with Crippen LogP contribution in [0.15, 0.2) is 18.2 Å². The van der Waals surface area contributed by atoms with Crippen molar-refractivity contribution in [2.75, 3.05) is 17.8 Å². The third-order valence-electron chi connectivity index (χ3n) is 3.17. The highest BCUT2D eigenvalue weighted by atomic mass is 35.5. The maximum absolute atomic E-state index is 11.7. The first-order valence-electron chi connectivity index (χ1n) is 6.63. The Labute approximate surface area is 120 Å². The molecule has 4 heteroatoms. The van der Waals surface area contributed by atoms with Crippen LogP contribution in [-0.2, 0) is 4.79 Å². The standard InChI is InChI=1S/C15H22ClNO2/c1-5-12(6-2)19-14-8-7-11(3)9-13(14)17(4)15(18)10-16/h7-9,12H,5-6,10H2,1-4H3. The lowest BCUT2D eigenvalue weighted by Crippen LogP contribution is -2.28. The van der Waals surface area contributed by atoms with Crippen molar-refractivity contribution in [2.45, 2.75) is 39.7 Å². The van der Waals surface area contributed by atoms with Gasteiger partial charge in [-0.05, 0) is 37.5 Å². The van der Waals surface area contributed by atoms with Gasteiger partial charge < -0.3 is 9.64 Å². The summed E-state index contributed by atoms with van der Waals surface area (Å²) in [6, 6.07) is 5.85. The second-order valence-corrected chi connectivity index (χ2v) is 4.88. The Bertz CT molecular complexity index is 430. The highest BCUT2D eigenvalue weighted by Crippen LogP contribution is 2.30. The van der Waals surface area contributed by atoms with Gasteiger partial charge >= 0.3 is 0 Å². The summed E-state index contributed by atoms with van der Waals surface area (Å²) in [6.45, 7) is 6.18. The number of hydrogen-bond acceptors (Lipinski definition) is 2. The Morgan fingerprint density at radius 3 is 2.53 bits per heavy atom. The van der Waals surface area contributed by atoms with Crippen molar-refractivity contribution in [1.29, 1.82) is 0 Å². The van der Waals surface area contributed by atoms with Gasteiger partial charge in [-0.15, -0.1) is 11.6 Å². The van der Waals surface area contributed by atoms with Crippen LogP contribution in [0.2, 0.25) is 0 Å². The number of carbonyl (C=O) groups is 1. The zero-order valence-corrected chi connectivity index (χ0v) is 12.8. The zero-order valence-electron chi connectivity index (χ0n) is 12.1. The highest BCUT2D eigenvalue weighted by molar-refractivity contribution is 6.29. The van der Waals surface area contributed by atoms with Crippen LogP contribution in [0.4, 0.5) is 5.69 Å². The van der Waals surface area contributed by atoms with E-state index >= 15 is 0 Å². The second-order valence-electron chi connectivity index (χ2n) is 4.61. The molecule has 0 aliphatic carbocycles. The first kappa shape index (κ1) is 15.8. The van der Waals surface area contributed by atoms with Gasteiger partial charge in [0.2, 0.25) is 5.91 Å². The largest absolute Gasteiger partial charge is 0.488 e. The fourth-order valence-electron chi connectivity index (χ4n) is 1.85. The summed E-state index contributed by atoms with van der Waals surface area (Å²) in [7, 11) is 1.72. The number of halogens is 1. The van der Waals surface area contributed by atoms with Crippen LogP contribution in [0.25, 0.3) is 0 Å². The number of carbonyl (C=O) groups excluding carboxylic acids is 1. The minimum absolute atomic E-state index is 0.0329. The molecular weight excluding hydrogens is 262 g/mol. The minimum Gasteiger partial charge on any atom is -0.488 e. The van der Waals surface area contributed by atoms with E-state index in [1.807, 2.05) is 25.1 Å². The molecule has 3 nitrogen and oxygen atoms in total. The van der Waals surface area contributed by atoms with Gasteiger partial charge in [0.25, 0.3) is 0 Å². The molecular formula is C15H22ClNO2. The van der Waals surface area contributed by atoms with Gasteiger partial charge in [0.1, 0.15) is 11.6 Å². The van der Waals surface area contributed by atoms with Gasteiger partial charge in [-0.1, -0.05) is 19.9 Å². The molecule has 19 heavy (non-hydrogen) atoms. The highest BCUT2D eigenvalue weighted by Gasteiger charge is 2.16. The van der Waals surface area contributed by atoms with Gasteiger partial charge in [-0.3, -0.25) is 4.79 Å². The molecule has 0 heterocycles. The number of hydrogen-bond donors (Lipinski definition) is 0. The van der Waals surface area contributed by atoms with Gasteiger partial charge in [0, 0.05) is 7.05 Å². The normalized spacial score (nSPS) is 10.6. The van der Waals surface area contributed by atoms with Crippen LogP contribution in [0.5, 0.6) is 5.75 Å². The number of anilines is 1. The van der Waals surface area contributed by atoms with Crippen LogP contribution in [0.3, 0.4) is 0 Å². The summed E-state index contributed by atoms with van der Waals surface area (Å²) in [5.41, 5.74) is 1.86. The molecule has 1 aromatic rings. The second kappa shape index (κ2) is 7.39. The summed E-state index contributed by atoms with van der Waals surface area (Å²) >= 11 is 5.62. The average molecular weight is 284 g/mol. The van der Waals surface area contributed by atoms with Gasteiger partial charge in [0.15, 0.2) is 0 Å². The summed E-state index contributed by atoms with van der Waals surface area (Å²) in [6.07, 6.45) is 2.05. The van der Waals surface area contributed by atoms with E-state index < -0.39 is 0 Å². The third-order valence-corrected chi connectivity index (χ3v) is 3.40. The van der Waals surface area contributed by atoms with E-state index in [1.165, 1.54) is 0 Å². The number of benzene rings is 1. The summed E-state index contributed by atoms with van der Waals surface area (Å²) in [5.74, 6) is 0.566. The van der Waals surface area contributed by atoms with Crippen LogP contribution in [-0.4, -0.2) is 24.9 Å². The van der Waals surface area contributed by atoms with Gasteiger partial charge in [-0.25, -0.2) is 0 Å². The van der Waals surface area contributed by atoms with E-state index in [0.717, 1.165) is 29.8 Å². The van der Waals surface area contributed by atoms with Crippen molar-refractivity contribution in [3.05, 3.63) is 23.8 Å². The maximum Gasteiger partial charge on any atom is 0.241 e. The lowest BCUT2D eigenvalue weighted by molar-refractivity contribution is -0.116. The Kier molecular flexibility index (Phi) is 6.16. The predicted octanol–water partition coefficient (Wildman–Crippen LogP) is 3.76. The van der Waals surface area contributed by atoms with E-state index in [-0.39, 0.29) is 17.9 Å². The number of nitrogens with zero attached hydrogens (tertiary/aromatic N) is 1. The molecule has 1 aromatic carbocycles. The Morgan fingerprint density at radius 1 is 1.37 bits per heavy atom. The molecule has 0 saturated heterocycles. The number of alkyl halides is 1. The molecule has 0 unspecified atom stereocenters. The van der Waals surface area contributed by atoms with E-state index in [1.54, 1.807) is 11.9 Å². The van der Waals surface area contributed by atoms with Gasteiger partial charge in [-0.2, -0.15) is 0 Å². The van der Waals surface area contributed by atoms with E-state index in [2.05, 4.69) is 13.8 Å². The summed E-state index contributed by atoms with van der Waals surface area (Å²) < 4.78 is 5.98. The lowest BCUT2D eigenvalue weighted by atomic mass is 10.1.